The highest BCUT2D eigenvalue weighted by atomic mass is 16.2. The molecule has 1 heterocycles. The maximum atomic E-state index is 11.6. The number of aryl methyl sites for hydroxylation is 2. The number of nitrogens with two attached hydrogens (primary N) is 1. The molecule has 0 bridgehead atoms. The van der Waals surface area contributed by atoms with Gasteiger partial charge in [-0.1, -0.05) is 12.1 Å². The van der Waals surface area contributed by atoms with Gasteiger partial charge in [0.1, 0.15) is 5.82 Å². The highest BCUT2D eigenvalue weighted by Crippen LogP contribution is 2.15. The van der Waals surface area contributed by atoms with Crippen LogP contribution < -0.4 is 11.1 Å². The number of hydrogen-bond donors (Lipinski definition) is 2. The van der Waals surface area contributed by atoms with Gasteiger partial charge in [0.15, 0.2) is 0 Å². The van der Waals surface area contributed by atoms with E-state index < -0.39 is 5.54 Å². The zero-order valence-electron chi connectivity index (χ0n) is 12.3. The number of benzene rings is 1. The third-order valence-electron chi connectivity index (χ3n) is 3.27. The van der Waals surface area contributed by atoms with Crippen LogP contribution in [-0.4, -0.2) is 27.5 Å². The Labute approximate surface area is 119 Å². The molecule has 0 aliphatic carbocycles. The molecule has 108 valence electrons. The zero-order chi connectivity index (χ0) is 14.8. The molecular weight excluding hydrogens is 252 g/mol. The molecule has 5 nitrogen and oxygen atoms in total. The van der Waals surface area contributed by atoms with Crippen LogP contribution in [0.2, 0.25) is 0 Å². The zero-order valence-corrected chi connectivity index (χ0v) is 12.3. The summed E-state index contributed by atoms with van der Waals surface area (Å²) in [6.07, 6.45) is 0.850. The van der Waals surface area contributed by atoms with E-state index in [-0.39, 0.29) is 5.91 Å². The summed E-state index contributed by atoms with van der Waals surface area (Å²) in [5, 5.41) is 2.85. The molecule has 0 fully saturated rings. The van der Waals surface area contributed by atoms with E-state index in [2.05, 4.69) is 20.9 Å². The van der Waals surface area contributed by atoms with Gasteiger partial charge in [0, 0.05) is 13.1 Å². The molecule has 3 N–H and O–H groups in total. The number of hydrogen-bond acceptors (Lipinski definition) is 3. The van der Waals surface area contributed by atoms with Crippen LogP contribution in [0.25, 0.3) is 11.0 Å². The van der Waals surface area contributed by atoms with E-state index in [1.54, 1.807) is 13.8 Å². The van der Waals surface area contributed by atoms with Crippen molar-refractivity contribution in [2.24, 2.45) is 5.73 Å². The van der Waals surface area contributed by atoms with Crippen LogP contribution in [0.1, 0.15) is 26.1 Å². The van der Waals surface area contributed by atoms with Crippen molar-refractivity contribution >= 4 is 16.9 Å². The summed E-state index contributed by atoms with van der Waals surface area (Å²) >= 11 is 0. The standard InChI is InChI=1S/C15H22N4O/c1-11-18-12-7-4-5-8-13(12)19(11)10-6-9-17-14(20)15(2,3)16/h4-5,7-8H,6,9-10,16H2,1-3H3,(H,17,20). The fourth-order valence-electron chi connectivity index (χ4n) is 2.15. The quantitative estimate of drug-likeness (QED) is 0.813. The Morgan fingerprint density at radius 2 is 2.10 bits per heavy atom. The van der Waals surface area contributed by atoms with Gasteiger partial charge < -0.3 is 15.6 Å². The molecule has 0 saturated carbocycles. The molecule has 5 heteroatoms. The molecule has 0 radical (unpaired) electrons. The van der Waals surface area contributed by atoms with Gasteiger partial charge in [0.2, 0.25) is 5.91 Å². The lowest BCUT2D eigenvalue weighted by Gasteiger charge is -2.17. The average Bonchev–Trinajstić information content (AvgIpc) is 2.69. The lowest BCUT2D eigenvalue weighted by atomic mass is 10.1. The maximum absolute atomic E-state index is 11.6. The number of nitrogens with one attached hydrogen (secondary N) is 1. The lowest BCUT2D eigenvalue weighted by Crippen LogP contribution is -2.49. The normalized spacial score (nSPS) is 11.8. The molecule has 1 aromatic carbocycles. The first kappa shape index (κ1) is 14.5. The van der Waals surface area contributed by atoms with Gasteiger partial charge in [0.25, 0.3) is 0 Å². The summed E-state index contributed by atoms with van der Waals surface area (Å²) in [5.41, 5.74) is 7.05. The van der Waals surface area contributed by atoms with E-state index in [4.69, 9.17) is 5.73 Å². The summed E-state index contributed by atoms with van der Waals surface area (Å²) in [6, 6.07) is 8.08. The van der Waals surface area contributed by atoms with E-state index >= 15 is 0 Å². The fraction of sp³-hybridized carbons (Fsp3) is 0.467. The smallest absolute Gasteiger partial charge is 0.239 e. The second-order valence-corrected chi connectivity index (χ2v) is 5.63. The van der Waals surface area contributed by atoms with Gasteiger partial charge in [-0.15, -0.1) is 0 Å². The Balaban J connectivity index is 1.94. The third-order valence-corrected chi connectivity index (χ3v) is 3.27. The number of para-hydroxylation sites is 2. The van der Waals surface area contributed by atoms with E-state index in [1.165, 1.54) is 0 Å². The summed E-state index contributed by atoms with van der Waals surface area (Å²) in [6.45, 7) is 6.86. The minimum absolute atomic E-state index is 0.121. The molecule has 2 rings (SSSR count). The molecule has 0 aliphatic heterocycles. The Morgan fingerprint density at radius 3 is 2.80 bits per heavy atom. The second-order valence-electron chi connectivity index (χ2n) is 5.63. The number of imidazole rings is 1. The van der Waals surface area contributed by atoms with Crippen LogP contribution in [0.5, 0.6) is 0 Å². The topological polar surface area (TPSA) is 72.9 Å². The van der Waals surface area contributed by atoms with Crippen LogP contribution in [0.4, 0.5) is 0 Å². The molecule has 20 heavy (non-hydrogen) atoms. The van der Waals surface area contributed by atoms with Crippen LogP contribution in [-0.2, 0) is 11.3 Å². The molecule has 0 atom stereocenters. The van der Waals surface area contributed by atoms with Gasteiger partial charge in [0.05, 0.1) is 16.6 Å². The second kappa shape index (κ2) is 5.63. The van der Waals surface area contributed by atoms with Crippen LogP contribution in [0, 0.1) is 6.92 Å². The first-order chi connectivity index (χ1) is 9.39. The van der Waals surface area contributed by atoms with Crippen molar-refractivity contribution in [3.05, 3.63) is 30.1 Å². The van der Waals surface area contributed by atoms with Gasteiger partial charge in [-0.3, -0.25) is 4.79 Å². The number of nitrogens with zero attached hydrogens (tertiary/aromatic N) is 2. The molecule has 0 saturated heterocycles. The number of amides is 1. The van der Waals surface area contributed by atoms with Crippen LogP contribution in [0.15, 0.2) is 24.3 Å². The Bertz CT molecular complexity index is 610. The monoisotopic (exact) mass is 274 g/mol. The van der Waals surface area contributed by atoms with Gasteiger partial charge in [-0.05, 0) is 39.3 Å². The van der Waals surface area contributed by atoms with E-state index in [1.807, 2.05) is 25.1 Å². The predicted molar refractivity (Wildman–Crippen MR) is 80.4 cm³/mol. The predicted octanol–water partition coefficient (Wildman–Crippen LogP) is 1.59. The van der Waals surface area contributed by atoms with Crippen LogP contribution >= 0.6 is 0 Å². The van der Waals surface area contributed by atoms with Crippen molar-refractivity contribution in [1.82, 2.24) is 14.9 Å². The van der Waals surface area contributed by atoms with Gasteiger partial charge in [-0.2, -0.15) is 0 Å². The highest BCUT2D eigenvalue weighted by Gasteiger charge is 2.20. The molecular formula is C15H22N4O. The number of rotatable bonds is 5. The number of carbonyl (C=O) groups excluding carboxylic acids is 1. The van der Waals surface area contributed by atoms with Crippen molar-refractivity contribution in [1.29, 1.82) is 0 Å². The van der Waals surface area contributed by atoms with E-state index in [0.717, 1.165) is 29.8 Å². The maximum Gasteiger partial charge on any atom is 0.239 e. The molecule has 0 spiro atoms. The third kappa shape index (κ3) is 3.17. The van der Waals surface area contributed by atoms with E-state index in [0.29, 0.717) is 6.54 Å². The lowest BCUT2D eigenvalue weighted by molar-refractivity contribution is -0.125. The number of fused-ring (bicyclic) bond motifs is 1. The van der Waals surface area contributed by atoms with Gasteiger partial charge >= 0.3 is 0 Å². The van der Waals surface area contributed by atoms with Gasteiger partial charge in [-0.25, -0.2) is 4.98 Å². The Kier molecular flexibility index (Phi) is 4.09. The van der Waals surface area contributed by atoms with Crippen molar-refractivity contribution in [3.63, 3.8) is 0 Å². The Morgan fingerprint density at radius 1 is 1.40 bits per heavy atom. The van der Waals surface area contributed by atoms with Crippen molar-refractivity contribution in [3.8, 4) is 0 Å². The molecule has 1 amide bonds. The first-order valence-corrected chi connectivity index (χ1v) is 6.88. The first-order valence-electron chi connectivity index (χ1n) is 6.88. The minimum Gasteiger partial charge on any atom is -0.354 e. The number of aromatic nitrogens is 2. The summed E-state index contributed by atoms with van der Waals surface area (Å²) in [5.74, 6) is 0.876. The largest absolute Gasteiger partial charge is 0.354 e. The Hall–Kier alpha value is -1.88. The molecule has 0 aliphatic rings. The molecule has 0 unspecified atom stereocenters. The van der Waals surface area contributed by atoms with Crippen LogP contribution in [0.3, 0.4) is 0 Å². The van der Waals surface area contributed by atoms with Crippen molar-refractivity contribution in [2.45, 2.75) is 39.3 Å². The number of carbonyl (C=O) groups is 1. The van der Waals surface area contributed by atoms with Crippen molar-refractivity contribution < 1.29 is 4.79 Å². The van der Waals surface area contributed by atoms with E-state index in [9.17, 15) is 4.79 Å². The average molecular weight is 274 g/mol. The summed E-state index contributed by atoms with van der Waals surface area (Å²) < 4.78 is 2.18. The molecule has 1 aromatic heterocycles. The highest BCUT2D eigenvalue weighted by molar-refractivity contribution is 5.84. The molecule has 2 aromatic rings. The minimum atomic E-state index is -0.822. The fourth-order valence-corrected chi connectivity index (χ4v) is 2.15. The summed E-state index contributed by atoms with van der Waals surface area (Å²) in [4.78, 5) is 16.2. The van der Waals surface area contributed by atoms with Crippen molar-refractivity contribution in [2.75, 3.05) is 6.54 Å². The summed E-state index contributed by atoms with van der Waals surface area (Å²) in [7, 11) is 0. The SMILES string of the molecule is Cc1nc2ccccc2n1CCCNC(=O)C(C)(C)N.